The molecule has 4 rings (SSSR count). The highest BCUT2D eigenvalue weighted by Crippen LogP contribution is 2.33. The van der Waals surface area contributed by atoms with Gasteiger partial charge in [-0.3, -0.25) is 4.79 Å². The third-order valence-corrected chi connectivity index (χ3v) is 5.03. The van der Waals surface area contributed by atoms with Crippen LogP contribution in [0.3, 0.4) is 0 Å². The summed E-state index contributed by atoms with van der Waals surface area (Å²) in [4.78, 5) is 26.4. The number of carbonyl (C=O) groups excluding carboxylic acids is 1. The molecule has 1 aliphatic rings. The lowest BCUT2D eigenvalue weighted by Crippen LogP contribution is -2.43. The van der Waals surface area contributed by atoms with Crippen molar-refractivity contribution in [3.63, 3.8) is 0 Å². The van der Waals surface area contributed by atoms with Crippen molar-refractivity contribution in [3.8, 4) is 5.75 Å². The van der Waals surface area contributed by atoms with Gasteiger partial charge in [0.25, 0.3) is 5.91 Å². The monoisotopic (exact) mass is 363 g/mol. The van der Waals surface area contributed by atoms with E-state index < -0.39 is 11.7 Å². The number of nitrogens with zero attached hydrogens (tertiary/aromatic N) is 1. The minimum absolute atomic E-state index is 0.0850. The Labute approximate surface area is 157 Å². The summed E-state index contributed by atoms with van der Waals surface area (Å²) in [7, 11) is 0. The van der Waals surface area contributed by atoms with E-state index in [1.165, 1.54) is 11.6 Å². The number of aryl methyl sites for hydroxylation is 1. The largest absolute Gasteiger partial charge is 0.481 e. The molecule has 0 saturated heterocycles. The summed E-state index contributed by atoms with van der Waals surface area (Å²) in [6.45, 7) is 5.64. The van der Waals surface area contributed by atoms with Gasteiger partial charge in [0, 0.05) is 29.2 Å². The fraction of sp³-hybridized carbons (Fsp3) is 0.273. The predicted octanol–water partition coefficient (Wildman–Crippen LogP) is 3.85. The molecule has 0 saturated carbocycles. The Kier molecular flexibility index (Phi) is 4.22. The van der Waals surface area contributed by atoms with E-state index in [-0.39, 0.29) is 11.9 Å². The van der Waals surface area contributed by atoms with Gasteiger partial charge in [-0.25, -0.2) is 4.79 Å². The molecule has 1 amide bonds. The van der Waals surface area contributed by atoms with Crippen LogP contribution in [-0.2, 0) is 11.2 Å². The van der Waals surface area contributed by atoms with Crippen LogP contribution >= 0.6 is 0 Å². The number of hydrogen-bond acceptors (Lipinski definition) is 4. The Morgan fingerprint density at radius 3 is 2.81 bits per heavy atom. The second kappa shape index (κ2) is 6.58. The van der Waals surface area contributed by atoms with E-state index >= 15 is 0 Å². The number of anilines is 1. The summed E-state index contributed by atoms with van der Waals surface area (Å²) in [6.07, 6.45) is 0.183. The smallest absolute Gasteiger partial charge is 0.336 e. The van der Waals surface area contributed by atoms with Crippen LogP contribution < -0.4 is 15.3 Å². The molecule has 2 unspecified atom stereocenters. The normalized spacial score (nSPS) is 17.0. The highest BCUT2D eigenvalue weighted by molar-refractivity contribution is 5.99. The van der Waals surface area contributed by atoms with Gasteiger partial charge in [-0.1, -0.05) is 18.2 Å². The summed E-state index contributed by atoms with van der Waals surface area (Å²) in [5.74, 6) is 0.412. The average Bonchev–Trinajstić information content (AvgIpc) is 2.96. The quantitative estimate of drug-likeness (QED) is 0.663. The molecule has 0 bridgehead atoms. The fourth-order valence-electron chi connectivity index (χ4n) is 3.73. The zero-order valence-corrected chi connectivity index (χ0v) is 15.6. The number of ether oxygens (including phenoxy) is 1. The number of rotatable bonds is 3. The maximum absolute atomic E-state index is 13.0. The summed E-state index contributed by atoms with van der Waals surface area (Å²) in [6, 6.07) is 14.8. The fourth-order valence-corrected chi connectivity index (χ4v) is 3.73. The Hall–Kier alpha value is -3.08. The molecule has 0 N–H and O–H groups in total. The van der Waals surface area contributed by atoms with E-state index in [2.05, 4.69) is 6.07 Å². The molecule has 0 fully saturated rings. The van der Waals surface area contributed by atoms with Crippen LogP contribution in [-0.4, -0.2) is 18.1 Å². The molecule has 2 atom stereocenters. The number of benzene rings is 2. The van der Waals surface area contributed by atoms with Crippen molar-refractivity contribution in [2.75, 3.05) is 4.90 Å². The molecule has 5 nitrogen and oxygen atoms in total. The minimum Gasteiger partial charge on any atom is -0.481 e. The number of amides is 1. The van der Waals surface area contributed by atoms with Crippen LogP contribution in [0.1, 0.15) is 25.0 Å². The first-order chi connectivity index (χ1) is 12.9. The molecule has 2 heterocycles. The third kappa shape index (κ3) is 3.10. The lowest BCUT2D eigenvalue weighted by molar-refractivity contribution is -0.124. The number of para-hydroxylation sites is 1. The maximum atomic E-state index is 13.0. The number of hydrogen-bond donors (Lipinski definition) is 0. The molecule has 0 radical (unpaired) electrons. The van der Waals surface area contributed by atoms with Crippen molar-refractivity contribution in [2.24, 2.45) is 0 Å². The highest BCUT2D eigenvalue weighted by Gasteiger charge is 2.33. The molecule has 0 aliphatic carbocycles. The lowest BCUT2D eigenvalue weighted by atomic mass is 10.1. The highest BCUT2D eigenvalue weighted by atomic mass is 16.5. The molecule has 1 aliphatic heterocycles. The molecule has 138 valence electrons. The van der Waals surface area contributed by atoms with E-state index in [0.717, 1.165) is 23.1 Å². The third-order valence-electron chi connectivity index (χ3n) is 5.03. The van der Waals surface area contributed by atoms with Gasteiger partial charge in [-0.15, -0.1) is 0 Å². The van der Waals surface area contributed by atoms with Crippen LogP contribution in [0, 0.1) is 6.92 Å². The summed E-state index contributed by atoms with van der Waals surface area (Å²) >= 11 is 0. The van der Waals surface area contributed by atoms with E-state index in [1.807, 2.05) is 43.0 Å². The topological polar surface area (TPSA) is 59.8 Å². The van der Waals surface area contributed by atoms with Crippen LogP contribution in [0.2, 0.25) is 0 Å². The van der Waals surface area contributed by atoms with Gasteiger partial charge in [0.2, 0.25) is 0 Å². The van der Waals surface area contributed by atoms with Crippen LogP contribution in [0.5, 0.6) is 5.75 Å². The first-order valence-electron chi connectivity index (χ1n) is 9.06. The average molecular weight is 363 g/mol. The SMILES string of the molecule is Cc1cc(=O)oc2cc(OC(C)C(=O)N3c4ccccc4CC3C)ccc12. The summed E-state index contributed by atoms with van der Waals surface area (Å²) < 4.78 is 11.1. The Morgan fingerprint density at radius 1 is 1.22 bits per heavy atom. The predicted molar refractivity (Wildman–Crippen MR) is 104 cm³/mol. The molecule has 2 aromatic carbocycles. The zero-order chi connectivity index (χ0) is 19.1. The second-order valence-corrected chi connectivity index (χ2v) is 7.06. The van der Waals surface area contributed by atoms with Crippen LogP contribution in [0.15, 0.2) is 57.7 Å². The van der Waals surface area contributed by atoms with Crippen LogP contribution in [0.25, 0.3) is 11.0 Å². The van der Waals surface area contributed by atoms with Crippen molar-refractivity contribution >= 4 is 22.6 Å². The minimum atomic E-state index is -0.660. The molecular formula is C22H21NO4. The van der Waals surface area contributed by atoms with Gasteiger partial charge in [0.1, 0.15) is 11.3 Å². The van der Waals surface area contributed by atoms with Crippen molar-refractivity contribution in [2.45, 2.75) is 39.3 Å². The molecule has 27 heavy (non-hydrogen) atoms. The van der Waals surface area contributed by atoms with Gasteiger partial charge in [-0.05, 0) is 56.5 Å². The van der Waals surface area contributed by atoms with Gasteiger partial charge < -0.3 is 14.1 Å². The van der Waals surface area contributed by atoms with E-state index in [4.69, 9.17) is 9.15 Å². The van der Waals surface area contributed by atoms with E-state index in [0.29, 0.717) is 11.3 Å². The number of carbonyl (C=O) groups is 1. The molecule has 3 aromatic rings. The first-order valence-corrected chi connectivity index (χ1v) is 9.06. The Bertz CT molecular complexity index is 1090. The van der Waals surface area contributed by atoms with Gasteiger partial charge in [-0.2, -0.15) is 0 Å². The van der Waals surface area contributed by atoms with Gasteiger partial charge in [0.05, 0.1) is 0 Å². The first kappa shape index (κ1) is 17.3. The van der Waals surface area contributed by atoms with Gasteiger partial charge >= 0.3 is 5.63 Å². The van der Waals surface area contributed by atoms with Crippen molar-refractivity contribution < 1.29 is 13.9 Å². The Morgan fingerprint density at radius 2 is 2.00 bits per heavy atom. The number of fused-ring (bicyclic) bond motifs is 2. The van der Waals surface area contributed by atoms with Gasteiger partial charge in [0.15, 0.2) is 6.10 Å². The standard InChI is InChI=1S/C22H21NO4/c1-13-10-21(24)27-20-12-17(8-9-18(13)20)26-15(3)22(25)23-14(2)11-16-6-4-5-7-19(16)23/h4-10,12,14-15H,11H2,1-3H3. The van der Waals surface area contributed by atoms with Crippen LogP contribution in [0.4, 0.5) is 5.69 Å². The second-order valence-electron chi connectivity index (χ2n) is 7.06. The van der Waals surface area contributed by atoms with E-state index in [9.17, 15) is 9.59 Å². The van der Waals surface area contributed by atoms with E-state index in [1.54, 1.807) is 19.1 Å². The summed E-state index contributed by atoms with van der Waals surface area (Å²) in [5, 5.41) is 0.850. The van der Waals surface area contributed by atoms with Crippen molar-refractivity contribution in [1.29, 1.82) is 0 Å². The van der Waals surface area contributed by atoms with Crippen molar-refractivity contribution in [3.05, 3.63) is 70.1 Å². The maximum Gasteiger partial charge on any atom is 0.336 e. The van der Waals surface area contributed by atoms with Crippen molar-refractivity contribution in [1.82, 2.24) is 0 Å². The molecule has 0 spiro atoms. The molecule has 5 heteroatoms. The summed E-state index contributed by atoms with van der Waals surface area (Å²) in [5.41, 5.74) is 3.03. The molecular weight excluding hydrogens is 342 g/mol. The molecule has 1 aromatic heterocycles. The Balaban J connectivity index is 1.59. The zero-order valence-electron chi connectivity index (χ0n) is 15.6. The lowest BCUT2D eigenvalue weighted by Gasteiger charge is -2.26.